The summed E-state index contributed by atoms with van der Waals surface area (Å²) < 4.78 is 10.7. The molecule has 1 aliphatic heterocycles. The van der Waals surface area contributed by atoms with Crippen LogP contribution in [0.4, 0.5) is 5.69 Å². The van der Waals surface area contributed by atoms with Crippen molar-refractivity contribution in [3.05, 3.63) is 52.5 Å². The van der Waals surface area contributed by atoms with Gasteiger partial charge in [-0.3, -0.25) is 9.69 Å². The number of likely N-dealkylation sites (N-methyl/N-ethyl adjacent to an activating group) is 1. The Morgan fingerprint density at radius 1 is 1.21 bits per heavy atom. The molecule has 0 fully saturated rings. The lowest BCUT2D eigenvalue weighted by atomic mass is 10.2. The number of benzene rings is 2. The summed E-state index contributed by atoms with van der Waals surface area (Å²) in [5, 5.41) is 3.57. The van der Waals surface area contributed by atoms with Gasteiger partial charge in [0.15, 0.2) is 11.5 Å². The number of nitrogens with zero attached hydrogens (tertiary/aromatic N) is 1. The van der Waals surface area contributed by atoms with Gasteiger partial charge in [0, 0.05) is 17.3 Å². The molecule has 0 bridgehead atoms. The molecule has 1 amide bonds. The Morgan fingerprint density at radius 2 is 2.00 bits per heavy atom. The van der Waals surface area contributed by atoms with E-state index in [9.17, 15) is 4.79 Å². The third-order valence-electron chi connectivity index (χ3n) is 3.77. The molecule has 0 atom stereocenters. The molecule has 0 unspecified atom stereocenters. The average Bonchev–Trinajstić information content (AvgIpc) is 2.97. The highest BCUT2D eigenvalue weighted by atomic mass is 35.5. The van der Waals surface area contributed by atoms with Crippen LogP contribution < -0.4 is 14.8 Å². The van der Waals surface area contributed by atoms with Crippen molar-refractivity contribution in [3.63, 3.8) is 0 Å². The van der Waals surface area contributed by atoms with E-state index in [4.69, 9.17) is 21.1 Å². The minimum absolute atomic E-state index is 0.0661. The summed E-state index contributed by atoms with van der Waals surface area (Å²) in [4.78, 5) is 14.1. The normalized spacial score (nSPS) is 12.5. The maximum absolute atomic E-state index is 12.2. The number of hydrogen-bond donors (Lipinski definition) is 1. The number of halogens is 1. The van der Waals surface area contributed by atoms with Crippen molar-refractivity contribution >= 4 is 23.2 Å². The lowest BCUT2D eigenvalue weighted by molar-refractivity contribution is -0.117. The van der Waals surface area contributed by atoms with E-state index in [1.165, 1.54) is 0 Å². The molecule has 0 saturated carbocycles. The maximum atomic E-state index is 12.2. The number of amides is 1. The van der Waals surface area contributed by atoms with E-state index in [1.807, 2.05) is 49.2 Å². The fourth-order valence-corrected chi connectivity index (χ4v) is 2.84. The molecule has 0 saturated heterocycles. The highest BCUT2D eigenvalue weighted by Gasteiger charge is 2.15. The van der Waals surface area contributed by atoms with E-state index in [0.717, 1.165) is 28.3 Å². The van der Waals surface area contributed by atoms with Crippen molar-refractivity contribution < 1.29 is 14.3 Å². The lowest BCUT2D eigenvalue weighted by Gasteiger charge is -2.17. The Morgan fingerprint density at radius 3 is 2.79 bits per heavy atom. The number of carbonyl (C=O) groups excluding carboxylic acids is 1. The van der Waals surface area contributed by atoms with Crippen molar-refractivity contribution in [2.45, 2.75) is 13.5 Å². The highest BCUT2D eigenvalue weighted by molar-refractivity contribution is 6.30. The Hall–Kier alpha value is -2.24. The van der Waals surface area contributed by atoms with Crippen LogP contribution in [0, 0.1) is 6.92 Å². The van der Waals surface area contributed by atoms with Gasteiger partial charge in [-0.05, 0) is 55.4 Å². The minimum Gasteiger partial charge on any atom is -0.454 e. The quantitative estimate of drug-likeness (QED) is 0.901. The lowest BCUT2D eigenvalue weighted by Crippen LogP contribution is -2.30. The summed E-state index contributed by atoms with van der Waals surface area (Å²) in [5.74, 6) is 1.45. The fourth-order valence-electron chi connectivity index (χ4n) is 2.61. The molecular formula is C18H19ClN2O3. The van der Waals surface area contributed by atoms with Gasteiger partial charge < -0.3 is 14.8 Å². The van der Waals surface area contributed by atoms with E-state index in [1.54, 1.807) is 6.07 Å². The standard InChI is InChI=1S/C18H19ClN2O3/c1-12-7-14(19)4-5-15(12)20-18(22)10-21(2)9-13-3-6-16-17(8-13)24-11-23-16/h3-8H,9-11H2,1-2H3,(H,20,22). The van der Waals surface area contributed by atoms with Gasteiger partial charge in [-0.25, -0.2) is 0 Å². The zero-order chi connectivity index (χ0) is 17.1. The molecule has 1 heterocycles. The molecule has 1 aliphatic rings. The second kappa shape index (κ2) is 7.11. The largest absolute Gasteiger partial charge is 0.454 e. The smallest absolute Gasteiger partial charge is 0.238 e. The van der Waals surface area contributed by atoms with E-state index < -0.39 is 0 Å². The number of ether oxygens (including phenoxy) is 2. The summed E-state index contributed by atoms with van der Waals surface area (Å²) in [5.41, 5.74) is 2.78. The van der Waals surface area contributed by atoms with Crippen LogP contribution in [-0.4, -0.2) is 31.2 Å². The first-order valence-corrected chi connectivity index (χ1v) is 8.02. The molecule has 0 aromatic heterocycles. The number of nitrogens with one attached hydrogen (secondary N) is 1. The number of carbonyl (C=O) groups is 1. The molecule has 24 heavy (non-hydrogen) atoms. The first-order chi connectivity index (χ1) is 11.5. The van der Waals surface area contributed by atoms with Crippen LogP contribution in [0.5, 0.6) is 11.5 Å². The van der Waals surface area contributed by atoms with Crippen LogP contribution in [-0.2, 0) is 11.3 Å². The second-order valence-electron chi connectivity index (χ2n) is 5.87. The van der Waals surface area contributed by atoms with Crippen molar-refractivity contribution in [1.29, 1.82) is 0 Å². The molecule has 0 aliphatic carbocycles. The molecule has 5 nitrogen and oxygen atoms in total. The van der Waals surface area contributed by atoms with E-state index in [2.05, 4.69) is 5.32 Å². The Balaban J connectivity index is 1.56. The zero-order valence-corrected chi connectivity index (χ0v) is 14.4. The summed E-state index contributed by atoms with van der Waals surface area (Å²) >= 11 is 5.93. The minimum atomic E-state index is -0.0661. The highest BCUT2D eigenvalue weighted by Crippen LogP contribution is 2.32. The first kappa shape index (κ1) is 16.6. The van der Waals surface area contributed by atoms with Gasteiger partial charge in [-0.2, -0.15) is 0 Å². The number of hydrogen-bond acceptors (Lipinski definition) is 4. The SMILES string of the molecule is Cc1cc(Cl)ccc1NC(=O)CN(C)Cc1ccc2c(c1)OCO2. The molecular weight excluding hydrogens is 328 g/mol. The molecule has 0 radical (unpaired) electrons. The van der Waals surface area contributed by atoms with E-state index in [0.29, 0.717) is 11.6 Å². The molecule has 6 heteroatoms. The summed E-state index contributed by atoms with van der Waals surface area (Å²) in [6.07, 6.45) is 0. The Labute approximate surface area is 146 Å². The Kier molecular flexibility index (Phi) is 4.92. The van der Waals surface area contributed by atoms with Gasteiger partial charge in [-0.15, -0.1) is 0 Å². The second-order valence-corrected chi connectivity index (χ2v) is 6.30. The predicted octanol–water partition coefficient (Wildman–Crippen LogP) is 3.45. The molecule has 126 valence electrons. The third kappa shape index (κ3) is 3.99. The van der Waals surface area contributed by atoms with Crippen molar-refractivity contribution in [2.24, 2.45) is 0 Å². The van der Waals surface area contributed by atoms with Gasteiger partial charge in [-0.1, -0.05) is 17.7 Å². The van der Waals surface area contributed by atoms with Gasteiger partial charge in [0.2, 0.25) is 12.7 Å². The number of aryl methyl sites for hydroxylation is 1. The van der Waals surface area contributed by atoms with Crippen LogP contribution in [0.25, 0.3) is 0 Å². The fraction of sp³-hybridized carbons (Fsp3) is 0.278. The number of anilines is 1. The predicted molar refractivity (Wildman–Crippen MR) is 93.7 cm³/mol. The average molecular weight is 347 g/mol. The van der Waals surface area contributed by atoms with E-state index >= 15 is 0 Å². The molecule has 0 spiro atoms. The van der Waals surface area contributed by atoms with Crippen molar-refractivity contribution in [1.82, 2.24) is 4.90 Å². The molecule has 1 N–H and O–H groups in total. The molecule has 3 rings (SSSR count). The van der Waals surface area contributed by atoms with Gasteiger partial charge in [0.25, 0.3) is 0 Å². The Bertz CT molecular complexity index is 764. The van der Waals surface area contributed by atoms with Crippen LogP contribution in [0.3, 0.4) is 0 Å². The van der Waals surface area contributed by atoms with Crippen molar-refractivity contribution in [2.75, 3.05) is 25.7 Å². The van der Waals surface area contributed by atoms with Crippen LogP contribution in [0.2, 0.25) is 5.02 Å². The van der Waals surface area contributed by atoms with Crippen LogP contribution in [0.15, 0.2) is 36.4 Å². The van der Waals surface area contributed by atoms with Crippen LogP contribution in [0.1, 0.15) is 11.1 Å². The van der Waals surface area contributed by atoms with E-state index in [-0.39, 0.29) is 19.2 Å². The monoisotopic (exact) mass is 346 g/mol. The number of fused-ring (bicyclic) bond motifs is 1. The summed E-state index contributed by atoms with van der Waals surface area (Å²) in [6.45, 7) is 3.11. The summed E-state index contributed by atoms with van der Waals surface area (Å²) in [6, 6.07) is 11.2. The number of rotatable bonds is 5. The molecule has 2 aromatic rings. The zero-order valence-electron chi connectivity index (χ0n) is 13.6. The van der Waals surface area contributed by atoms with Gasteiger partial charge in [0.1, 0.15) is 0 Å². The maximum Gasteiger partial charge on any atom is 0.238 e. The first-order valence-electron chi connectivity index (χ1n) is 7.64. The van der Waals surface area contributed by atoms with Crippen molar-refractivity contribution in [3.8, 4) is 11.5 Å². The summed E-state index contributed by atoms with van der Waals surface area (Å²) in [7, 11) is 1.90. The third-order valence-corrected chi connectivity index (χ3v) is 4.00. The van der Waals surface area contributed by atoms with Gasteiger partial charge >= 0.3 is 0 Å². The van der Waals surface area contributed by atoms with Crippen LogP contribution >= 0.6 is 11.6 Å². The molecule has 2 aromatic carbocycles. The topological polar surface area (TPSA) is 50.8 Å². The van der Waals surface area contributed by atoms with Gasteiger partial charge in [0.05, 0.1) is 6.54 Å².